The van der Waals surface area contributed by atoms with Gasteiger partial charge in [0.2, 0.25) is 11.9 Å². The van der Waals surface area contributed by atoms with E-state index in [0.717, 1.165) is 6.21 Å². The molecule has 1 aromatic carbocycles. The second-order valence-corrected chi connectivity index (χ2v) is 7.15. The minimum atomic E-state index is -2.90. The summed E-state index contributed by atoms with van der Waals surface area (Å²) in [5.41, 5.74) is 0.990. The van der Waals surface area contributed by atoms with Gasteiger partial charge in [0.15, 0.2) is 5.82 Å². The smallest absolute Gasteiger partial charge is 0.387 e. The van der Waals surface area contributed by atoms with Crippen LogP contribution in [0.1, 0.15) is 19.4 Å². The third kappa shape index (κ3) is 8.72. The first-order valence-corrected chi connectivity index (χ1v) is 9.95. The molecule has 12 heteroatoms. The van der Waals surface area contributed by atoms with E-state index < -0.39 is 6.61 Å². The van der Waals surface area contributed by atoms with Crippen molar-refractivity contribution in [3.8, 4) is 5.75 Å². The monoisotopic (exact) mass is 467 g/mol. The van der Waals surface area contributed by atoms with Gasteiger partial charge in [-0.3, -0.25) is 4.79 Å². The Bertz CT molecular complexity index is 957. The van der Waals surface area contributed by atoms with Crippen LogP contribution < -0.4 is 26.0 Å². The summed E-state index contributed by atoms with van der Waals surface area (Å²) in [4.78, 5) is 20.0. The van der Waals surface area contributed by atoms with Crippen LogP contribution in [-0.4, -0.2) is 41.3 Å². The van der Waals surface area contributed by atoms with E-state index in [-0.39, 0.29) is 41.8 Å². The van der Waals surface area contributed by atoms with Crippen molar-refractivity contribution in [3.63, 3.8) is 0 Å². The maximum atomic E-state index is 12.4. The van der Waals surface area contributed by atoms with Crippen molar-refractivity contribution in [2.45, 2.75) is 33.0 Å². The molecule has 0 atom stereocenters. The van der Waals surface area contributed by atoms with Gasteiger partial charge in [0.25, 0.3) is 0 Å². The number of benzene rings is 1. The van der Waals surface area contributed by atoms with Crippen molar-refractivity contribution >= 4 is 35.5 Å². The van der Waals surface area contributed by atoms with Crippen molar-refractivity contribution < 1.29 is 18.3 Å². The Labute approximate surface area is 189 Å². The van der Waals surface area contributed by atoms with Crippen LogP contribution in [0.4, 0.5) is 20.5 Å². The number of hydrogen-bond acceptors (Lipinski definition) is 8. The molecule has 0 saturated heterocycles. The van der Waals surface area contributed by atoms with Gasteiger partial charge in [-0.2, -0.15) is 13.8 Å². The van der Waals surface area contributed by atoms with E-state index in [2.05, 4.69) is 36.0 Å². The summed E-state index contributed by atoms with van der Waals surface area (Å²) in [5.74, 6) is 0.330. The summed E-state index contributed by atoms with van der Waals surface area (Å²) < 4.78 is 29.1. The van der Waals surface area contributed by atoms with E-state index in [9.17, 15) is 13.6 Å². The standard InChI is InChI=1S/C20H24ClF2N7O2/c1-12(2)28-17(31)11-25-9-14(7-24)29-20-27-10-16(21)18(30-20)26-8-13-4-3-5-15(6-13)32-19(22)23/h3-7,9-10,12,19,24-25H,8,11H2,1-2H3,(H,28,31)(H2,26,27,29,30)/b14-9+,24-7?. The number of carbonyl (C=O) groups is 1. The number of carbonyl (C=O) groups excluding carboxylic acids is 1. The molecule has 0 bridgehead atoms. The Morgan fingerprint density at radius 3 is 2.81 bits per heavy atom. The van der Waals surface area contributed by atoms with Crippen LogP contribution in [0.2, 0.25) is 5.02 Å². The molecular formula is C20H24ClF2N7O2. The lowest BCUT2D eigenvalue weighted by Crippen LogP contribution is -2.36. The Morgan fingerprint density at radius 1 is 1.34 bits per heavy atom. The quantitative estimate of drug-likeness (QED) is 0.303. The van der Waals surface area contributed by atoms with Crippen LogP contribution >= 0.6 is 11.6 Å². The van der Waals surface area contributed by atoms with Crippen molar-refractivity contribution in [2.24, 2.45) is 0 Å². The van der Waals surface area contributed by atoms with Gasteiger partial charge < -0.3 is 31.4 Å². The third-order valence-electron chi connectivity index (χ3n) is 3.71. The molecule has 5 N–H and O–H groups in total. The largest absolute Gasteiger partial charge is 0.435 e. The Morgan fingerprint density at radius 2 is 2.12 bits per heavy atom. The van der Waals surface area contributed by atoms with E-state index in [1.165, 1.54) is 24.5 Å². The number of aromatic nitrogens is 2. The topological polar surface area (TPSA) is 124 Å². The lowest BCUT2D eigenvalue weighted by Gasteiger charge is -2.12. The lowest BCUT2D eigenvalue weighted by molar-refractivity contribution is -0.120. The molecule has 9 nitrogen and oxygen atoms in total. The molecule has 0 spiro atoms. The number of nitrogens with zero attached hydrogens (tertiary/aromatic N) is 2. The molecule has 0 aliphatic rings. The van der Waals surface area contributed by atoms with E-state index in [1.807, 2.05) is 13.8 Å². The summed E-state index contributed by atoms with van der Waals surface area (Å²) in [6, 6.07) is 6.27. The number of nitrogens with one attached hydrogen (secondary N) is 5. The molecule has 1 heterocycles. The zero-order valence-corrected chi connectivity index (χ0v) is 18.2. The van der Waals surface area contributed by atoms with Gasteiger partial charge in [-0.25, -0.2) is 4.98 Å². The van der Waals surface area contributed by atoms with Crippen LogP contribution in [0.25, 0.3) is 0 Å². The number of anilines is 2. The number of allylic oxidation sites excluding steroid dienone is 1. The molecule has 0 aliphatic carbocycles. The molecule has 172 valence electrons. The van der Waals surface area contributed by atoms with Gasteiger partial charge >= 0.3 is 6.61 Å². The van der Waals surface area contributed by atoms with Crippen LogP contribution in [0.5, 0.6) is 5.75 Å². The van der Waals surface area contributed by atoms with E-state index in [4.69, 9.17) is 17.0 Å². The van der Waals surface area contributed by atoms with Gasteiger partial charge in [-0.15, -0.1) is 0 Å². The highest BCUT2D eigenvalue weighted by molar-refractivity contribution is 6.32. The molecule has 2 rings (SSSR count). The predicted octanol–water partition coefficient (Wildman–Crippen LogP) is 3.36. The van der Waals surface area contributed by atoms with E-state index in [1.54, 1.807) is 12.1 Å². The molecule has 1 amide bonds. The summed E-state index contributed by atoms with van der Waals surface area (Å²) >= 11 is 6.14. The van der Waals surface area contributed by atoms with Crippen LogP contribution in [0, 0.1) is 5.41 Å². The maximum absolute atomic E-state index is 12.4. The summed E-state index contributed by atoms with van der Waals surface area (Å²) in [7, 11) is 0. The van der Waals surface area contributed by atoms with Gasteiger partial charge in [-0.1, -0.05) is 23.7 Å². The first kappa shape index (κ1) is 24.8. The average molecular weight is 468 g/mol. The number of alkyl halides is 2. The van der Waals surface area contributed by atoms with Gasteiger partial charge in [0, 0.05) is 25.0 Å². The summed E-state index contributed by atoms with van der Waals surface area (Å²) in [6.45, 7) is 1.10. The molecule has 0 unspecified atom stereocenters. The minimum absolute atomic E-state index is 0.0290. The summed E-state index contributed by atoms with van der Waals surface area (Å²) in [5, 5.41) is 19.1. The highest BCUT2D eigenvalue weighted by Crippen LogP contribution is 2.22. The second kappa shape index (κ2) is 12.4. The molecular weight excluding hydrogens is 444 g/mol. The van der Waals surface area contributed by atoms with Crippen LogP contribution in [0.15, 0.2) is 42.4 Å². The normalized spacial score (nSPS) is 11.3. The molecule has 0 aliphatic heterocycles. The first-order chi connectivity index (χ1) is 15.3. The Hall–Kier alpha value is -3.47. The molecule has 2 aromatic rings. The zero-order valence-electron chi connectivity index (χ0n) is 17.5. The average Bonchev–Trinajstić information content (AvgIpc) is 2.72. The predicted molar refractivity (Wildman–Crippen MR) is 119 cm³/mol. The lowest BCUT2D eigenvalue weighted by atomic mass is 10.2. The number of rotatable bonds is 12. The minimum Gasteiger partial charge on any atom is -0.435 e. The number of ether oxygens (including phenoxy) is 1. The van der Waals surface area contributed by atoms with Crippen molar-refractivity contribution in [1.82, 2.24) is 20.6 Å². The highest BCUT2D eigenvalue weighted by Gasteiger charge is 2.08. The molecule has 1 aromatic heterocycles. The van der Waals surface area contributed by atoms with Crippen LogP contribution in [0.3, 0.4) is 0 Å². The van der Waals surface area contributed by atoms with Crippen LogP contribution in [-0.2, 0) is 11.3 Å². The zero-order chi connectivity index (χ0) is 23.5. The molecule has 0 saturated carbocycles. The fourth-order valence-electron chi connectivity index (χ4n) is 2.44. The SMILES string of the molecule is CC(C)NC(=O)CN/C=C(\C=N)Nc1ncc(Cl)c(NCc2cccc(OC(F)F)c2)n1. The van der Waals surface area contributed by atoms with Crippen molar-refractivity contribution in [1.29, 1.82) is 5.41 Å². The first-order valence-electron chi connectivity index (χ1n) is 9.57. The molecule has 32 heavy (non-hydrogen) atoms. The fourth-order valence-corrected chi connectivity index (χ4v) is 2.60. The van der Waals surface area contributed by atoms with Crippen molar-refractivity contribution in [2.75, 3.05) is 17.2 Å². The number of hydrogen-bond donors (Lipinski definition) is 5. The van der Waals surface area contributed by atoms with E-state index >= 15 is 0 Å². The van der Waals surface area contributed by atoms with Crippen molar-refractivity contribution in [3.05, 3.63) is 52.9 Å². The Balaban J connectivity index is 1.99. The second-order valence-electron chi connectivity index (χ2n) is 6.74. The number of amides is 1. The fraction of sp³-hybridized carbons (Fsp3) is 0.300. The van der Waals surface area contributed by atoms with Gasteiger partial charge in [0.1, 0.15) is 10.8 Å². The van der Waals surface area contributed by atoms with E-state index in [0.29, 0.717) is 17.1 Å². The Kier molecular flexibility index (Phi) is 9.61. The molecule has 0 radical (unpaired) electrons. The number of halogens is 3. The van der Waals surface area contributed by atoms with Gasteiger partial charge in [-0.05, 0) is 31.5 Å². The third-order valence-corrected chi connectivity index (χ3v) is 3.99. The van der Waals surface area contributed by atoms with Gasteiger partial charge in [0.05, 0.1) is 18.4 Å². The highest BCUT2D eigenvalue weighted by atomic mass is 35.5. The summed E-state index contributed by atoms with van der Waals surface area (Å²) in [6.07, 6.45) is 3.86. The molecule has 0 fully saturated rings. The maximum Gasteiger partial charge on any atom is 0.387 e.